The van der Waals surface area contributed by atoms with Crippen LogP contribution in [0.2, 0.25) is 0 Å². The Morgan fingerprint density at radius 1 is 1.33 bits per heavy atom. The van der Waals surface area contributed by atoms with Gasteiger partial charge in [-0.2, -0.15) is 0 Å². The van der Waals surface area contributed by atoms with Crippen molar-refractivity contribution in [2.24, 2.45) is 5.73 Å². The number of halogens is 1. The molecule has 1 aliphatic heterocycles. The number of hydrogen-bond acceptors (Lipinski definition) is 3. The normalized spacial score (nSPS) is 15.9. The SMILES string of the molecule is NC(c1cccc2c1OCCC2)c1sccc1Br. The first-order valence-electron chi connectivity index (χ1n) is 6.00. The van der Waals surface area contributed by atoms with Crippen molar-refractivity contribution >= 4 is 27.3 Å². The molecule has 0 aliphatic carbocycles. The molecular weight excluding hydrogens is 310 g/mol. The zero-order chi connectivity index (χ0) is 12.5. The molecular formula is C14H14BrNOS. The Balaban J connectivity index is 2.04. The van der Waals surface area contributed by atoms with E-state index in [4.69, 9.17) is 10.5 Å². The van der Waals surface area contributed by atoms with Crippen molar-refractivity contribution in [3.05, 3.63) is 50.1 Å². The average Bonchev–Trinajstić information content (AvgIpc) is 2.83. The minimum Gasteiger partial charge on any atom is -0.493 e. The van der Waals surface area contributed by atoms with Crippen LogP contribution in [0.15, 0.2) is 34.1 Å². The summed E-state index contributed by atoms with van der Waals surface area (Å²) in [5.41, 5.74) is 8.76. The molecule has 2 nitrogen and oxygen atoms in total. The highest BCUT2D eigenvalue weighted by Crippen LogP contribution is 2.38. The Hall–Kier alpha value is -0.840. The Morgan fingerprint density at radius 2 is 2.22 bits per heavy atom. The molecule has 1 aromatic heterocycles. The minimum atomic E-state index is -0.118. The van der Waals surface area contributed by atoms with E-state index in [2.05, 4.69) is 39.5 Å². The summed E-state index contributed by atoms with van der Waals surface area (Å²) in [5.74, 6) is 0.997. The average molecular weight is 324 g/mol. The fraction of sp³-hybridized carbons (Fsp3) is 0.286. The summed E-state index contributed by atoms with van der Waals surface area (Å²) < 4.78 is 6.90. The Kier molecular flexibility index (Phi) is 3.41. The Bertz CT molecular complexity index is 567. The largest absolute Gasteiger partial charge is 0.493 e. The second-order valence-electron chi connectivity index (χ2n) is 4.40. The fourth-order valence-corrected chi connectivity index (χ4v) is 3.97. The number of thiophene rings is 1. The fourth-order valence-electron chi connectivity index (χ4n) is 2.33. The van der Waals surface area contributed by atoms with Gasteiger partial charge in [-0.3, -0.25) is 0 Å². The molecule has 4 heteroatoms. The predicted octanol–water partition coefficient (Wildman–Crippen LogP) is 3.88. The van der Waals surface area contributed by atoms with Crippen molar-refractivity contribution in [2.75, 3.05) is 6.61 Å². The lowest BCUT2D eigenvalue weighted by Gasteiger charge is -2.23. The molecule has 0 spiro atoms. The van der Waals surface area contributed by atoms with Gasteiger partial charge in [0.05, 0.1) is 12.6 Å². The van der Waals surface area contributed by atoms with Gasteiger partial charge < -0.3 is 10.5 Å². The molecule has 1 unspecified atom stereocenters. The molecule has 1 aromatic carbocycles. The zero-order valence-corrected chi connectivity index (χ0v) is 12.3. The highest BCUT2D eigenvalue weighted by molar-refractivity contribution is 9.10. The van der Waals surface area contributed by atoms with Gasteiger partial charge in [0.25, 0.3) is 0 Å². The predicted molar refractivity (Wildman–Crippen MR) is 78.3 cm³/mol. The van der Waals surface area contributed by atoms with E-state index in [9.17, 15) is 0 Å². The van der Waals surface area contributed by atoms with Crippen LogP contribution in [0.1, 0.15) is 28.5 Å². The number of fused-ring (bicyclic) bond motifs is 1. The molecule has 0 amide bonds. The summed E-state index contributed by atoms with van der Waals surface area (Å²) in [6.45, 7) is 0.794. The standard InChI is InChI=1S/C14H14BrNOS/c15-11-6-8-18-14(11)12(16)10-5-1-3-9-4-2-7-17-13(9)10/h1,3,5-6,8,12H,2,4,7,16H2. The first kappa shape index (κ1) is 12.2. The van der Waals surface area contributed by atoms with Crippen molar-refractivity contribution in [3.63, 3.8) is 0 Å². The molecule has 2 heterocycles. The third-order valence-corrected chi connectivity index (χ3v) is 5.18. The second-order valence-corrected chi connectivity index (χ2v) is 6.20. The lowest BCUT2D eigenvalue weighted by Crippen LogP contribution is -2.16. The van der Waals surface area contributed by atoms with E-state index in [-0.39, 0.29) is 6.04 Å². The van der Waals surface area contributed by atoms with Crippen molar-refractivity contribution in [1.29, 1.82) is 0 Å². The molecule has 0 bridgehead atoms. The van der Waals surface area contributed by atoms with E-state index in [1.54, 1.807) is 11.3 Å². The van der Waals surface area contributed by atoms with Crippen molar-refractivity contribution in [1.82, 2.24) is 0 Å². The number of para-hydroxylation sites is 1. The molecule has 2 aromatic rings. The van der Waals surface area contributed by atoms with Crippen LogP contribution in [0.4, 0.5) is 0 Å². The van der Waals surface area contributed by atoms with Gasteiger partial charge in [0, 0.05) is 14.9 Å². The molecule has 2 N–H and O–H groups in total. The number of hydrogen-bond donors (Lipinski definition) is 1. The quantitative estimate of drug-likeness (QED) is 0.910. The molecule has 0 saturated carbocycles. The summed E-state index contributed by atoms with van der Waals surface area (Å²) in [6, 6.07) is 8.20. The molecule has 0 radical (unpaired) electrons. The third-order valence-electron chi connectivity index (χ3n) is 3.23. The van der Waals surface area contributed by atoms with Crippen molar-refractivity contribution < 1.29 is 4.74 Å². The van der Waals surface area contributed by atoms with Gasteiger partial charge >= 0.3 is 0 Å². The van der Waals surface area contributed by atoms with Crippen LogP contribution in [-0.2, 0) is 6.42 Å². The maximum absolute atomic E-state index is 6.39. The zero-order valence-electron chi connectivity index (χ0n) is 9.86. The second kappa shape index (κ2) is 5.03. The summed E-state index contributed by atoms with van der Waals surface area (Å²) in [6.07, 6.45) is 2.18. The van der Waals surface area contributed by atoms with Gasteiger partial charge in [0.1, 0.15) is 5.75 Å². The number of aryl methyl sites for hydroxylation is 1. The summed E-state index contributed by atoms with van der Waals surface area (Å²) in [5, 5.41) is 2.05. The van der Waals surface area contributed by atoms with Crippen molar-refractivity contribution in [2.45, 2.75) is 18.9 Å². The molecule has 1 aliphatic rings. The van der Waals surface area contributed by atoms with Gasteiger partial charge in [-0.15, -0.1) is 11.3 Å². The smallest absolute Gasteiger partial charge is 0.127 e. The van der Waals surface area contributed by atoms with Crippen LogP contribution >= 0.6 is 27.3 Å². The first-order valence-corrected chi connectivity index (χ1v) is 7.67. The summed E-state index contributed by atoms with van der Waals surface area (Å²) in [7, 11) is 0. The number of nitrogens with two attached hydrogens (primary N) is 1. The molecule has 0 saturated heterocycles. The Morgan fingerprint density at radius 3 is 3.00 bits per heavy atom. The van der Waals surface area contributed by atoms with Gasteiger partial charge in [-0.25, -0.2) is 0 Å². The van der Waals surface area contributed by atoms with E-state index in [0.29, 0.717) is 0 Å². The van der Waals surface area contributed by atoms with E-state index < -0.39 is 0 Å². The summed E-state index contributed by atoms with van der Waals surface area (Å²) >= 11 is 5.23. The molecule has 1 atom stereocenters. The van der Waals surface area contributed by atoms with E-state index in [1.165, 1.54) is 5.56 Å². The molecule has 0 fully saturated rings. The topological polar surface area (TPSA) is 35.2 Å². The lowest BCUT2D eigenvalue weighted by molar-refractivity contribution is 0.284. The van der Waals surface area contributed by atoms with Crippen LogP contribution in [0.25, 0.3) is 0 Å². The van der Waals surface area contributed by atoms with Crippen LogP contribution in [-0.4, -0.2) is 6.61 Å². The van der Waals surface area contributed by atoms with Crippen LogP contribution in [0.5, 0.6) is 5.75 Å². The van der Waals surface area contributed by atoms with E-state index >= 15 is 0 Å². The van der Waals surface area contributed by atoms with Gasteiger partial charge in [0.15, 0.2) is 0 Å². The molecule has 94 valence electrons. The van der Waals surface area contributed by atoms with Gasteiger partial charge in [-0.05, 0) is 45.8 Å². The van der Waals surface area contributed by atoms with Crippen LogP contribution < -0.4 is 10.5 Å². The minimum absolute atomic E-state index is 0.118. The van der Waals surface area contributed by atoms with Crippen LogP contribution in [0.3, 0.4) is 0 Å². The van der Waals surface area contributed by atoms with Crippen molar-refractivity contribution in [3.8, 4) is 5.75 Å². The number of ether oxygens (including phenoxy) is 1. The van der Waals surface area contributed by atoms with E-state index in [1.807, 2.05) is 6.07 Å². The molecule has 3 rings (SSSR count). The number of rotatable bonds is 2. The monoisotopic (exact) mass is 323 g/mol. The highest BCUT2D eigenvalue weighted by atomic mass is 79.9. The third kappa shape index (κ3) is 2.09. The van der Waals surface area contributed by atoms with Crippen LogP contribution in [0, 0.1) is 0 Å². The van der Waals surface area contributed by atoms with Gasteiger partial charge in [0.2, 0.25) is 0 Å². The number of benzene rings is 1. The maximum atomic E-state index is 6.39. The lowest BCUT2D eigenvalue weighted by atomic mass is 9.98. The maximum Gasteiger partial charge on any atom is 0.127 e. The van der Waals surface area contributed by atoms with Gasteiger partial charge in [-0.1, -0.05) is 18.2 Å². The van der Waals surface area contributed by atoms with E-state index in [0.717, 1.165) is 40.1 Å². The Labute approximate surface area is 119 Å². The first-order chi connectivity index (χ1) is 8.77. The highest BCUT2D eigenvalue weighted by Gasteiger charge is 2.21. The summed E-state index contributed by atoms with van der Waals surface area (Å²) in [4.78, 5) is 1.15. The molecule has 18 heavy (non-hydrogen) atoms.